The van der Waals surface area contributed by atoms with Crippen molar-refractivity contribution in [3.8, 4) is 0 Å². The maximum Gasteiger partial charge on any atom is 0.271 e. The van der Waals surface area contributed by atoms with E-state index >= 15 is 0 Å². The van der Waals surface area contributed by atoms with Gasteiger partial charge >= 0.3 is 0 Å². The van der Waals surface area contributed by atoms with Gasteiger partial charge in [0.05, 0.1) is 6.20 Å². The van der Waals surface area contributed by atoms with Crippen molar-refractivity contribution >= 4 is 5.91 Å². The van der Waals surface area contributed by atoms with Gasteiger partial charge in [0, 0.05) is 24.4 Å². The molecule has 0 aliphatic rings. The summed E-state index contributed by atoms with van der Waals surface area (Å²) < 4.78 is 0. The van der Waals surface area contributed by atoms with Crippen LogP contribution in [-0.4, -0.2) is 22.4 Å². The Morgan fingerprint density at radius 2 is 1.95 bits per heavy atom. The van der Waals surface area contributed by atoms with Gasteiger partial charge in [-0.05, 0) is 5.56 Å². The van der Waals surface area contributed by atoms with Crippen LogP contribution in [0, 0.1) is 0 Å². The molecule has 0 radical (unpaired) electrons. The summed E-state index contributed by atoms with van der Waals surface area (Å²) in [5.74, 6) is -0.197. The highest BCUT2D eigenvalue weighted by molar-refractivity contribution is 5.91. The monoisotopic (exact) mass is 255 g/mol. The largest absolute Gasteiger partial charge is 0.350 e. The van der Waals surface area contributed by atoms with Crippen LogP contribution >= 0.6 is 0 Å². The summed E-state index contributed by atoms with van der Waals surface area (Å²) >= 11 is 0. The van der Waals surface area contributed by atoms with E-state index in [1.165, 1.54) is 18.0 Å². The first-order chi connectivity index (χ1) is 9.09. The summed E-state index contributed by atoms with van der Waals surface area (Å²) in [7, 11) is 0. The fourth-order valence-electron chi connectivity index (χ4n) is 1.80. The number of nitrogens with zero attached hydrogens (tertiary/aromatic N) is 2. The lowest BCUT2D eigenvalue weighted by Crippen LogP contribution is -2.37. The Balaban J connectivity index is 2.01. The Hall–Kier alpha value is -2.23. The van der Waals surface area contributed by atoms with Gasteiger partial charge in [-0.15, -0.1) is 0 Å². The van der Waals surface area contributed by atoms with Crippen molar-refractivity contribution in [1.82, 2.24) is 15.3 Å². The molecule has 98 valence electrons. The molecular weight excluding hydrogens is 238 g/mol. The second kappa shape index (κ2) is 5.61. The molecule has 19 heavy (non-hydrogen) atoms. The zero-order valence-electron chi connectivity index (χ0n) is 11.1. The van der Waals surface area contributed by atoms with Crippen LogP contribution in [-0.2, 0) is 5.41 Å². The molecule has 1 heterocycles. The average Bonchev–Trinajstić information content (AvgIpc) is 2.47. The number of nitrogens with one attached hydrogen (secondary N) is 1. The first-order valence-electron chi connectivity index (χ1n) is 6.19. The van der Waals surface area contributed by atoms with E-state index in [9.17, 15) is 4.79 Å². The quantitative estimate of drug-likeness (QED) is 0.911. The van der Waals surface area contributed by atoms with Crippen LogP contribution in [0.4, 0.5) is 0 Å². The third kappa shape index (κ3) is 3.37. The fraction of sp³-hybridized carbons (Fsp3) is 0.267. The Kier molecular flexibility index (Phi) is 3.90. The number of rotatable bonds is 4. The number of hydrogen-bond acceptors (Lipinski definition) is 3. The average molecular weight is 255 g/mol. The minimum Gasteiger partial charge on any atom is -0.350 e. The Bertz CT molecular complexity index is 538. The summed E-state index contributed by atoms with van der Waals surface area (Å²) in [5, 5.41) is 2.90. The lowest BCUT2D eigenvalue weighted by Gasteiger charge is -2.25. The first kappa shape index (κ1) is 13.2. The summed E-state index contributed by atoms with van der Waals surface area (Å²) in [6.45, 7) is 4.74. The molecule has 0 atom stereocenters. The molecular formula is C15H17N3O. The predicted molar refractivity (Wildman–Crippen MR) is 73.8 cm³/mol. The van der Waals surface area contributed by atoms with E-state index in [1.807, 2.05) is 18.2 Å². The minimum atomic E-state index is -0.197. The predicted octanol–water partition coefficient (Wildman–Crippen LogP) is 2.18. The van der Waals surface area contributed by atoms with Gasteiger partial charge in [0.15, 0.2) is 0 Å². The molecule has 0 saturated heterocycles. The van der Waals surface area contributed by atoms with Gasteiger partial charge < -0.3 is 5.32 Å². The second-order valence-electron chi connectivity index (χ2n) is 5.02. The number of hydrogen-bond donors (Lipinski definition) is 1. The molecule has 0 fully saturated rings. The van der Waals surface area contributed by atoms with Crippen LogP contribution in [0.1, 0.15) is 29.9 Å². The summed E-state index contributed by atoms with van der Waals surface area (Å²) in [5.41, 5.74) is 1.40. The highest BCUT2D eigenvalue weighted by atomic mass is 16.1. The van der Waals surface area contributed by atoms with Crippen molar-refractivity contribution in [1.29, 1.82) is 0 Å². The molecule has 2 rings (SSSR count). The first-order valence-corrected chi connectivity index (χ1v) is 6.19. The SMILES string of the molecule is CC(C)(CNC(=O)c1cnccn1)c1ccccc1. The summed E-state index contributed by atoms with van der Waals surface area (Å²) in [6.07, 6.45) is 4.52. The summed E-state index contributed by atoms with van der Waals surface area (Å²) in [4.78, 5) is 19.8. The Morgan fingerprint density at radius 1 is 1.21 bits per heavy atom. The zero-order chi connectivity index (χ0) is 13.7. The van der Waals surface area contributed by atoms with Gasteiger partial charge in [0.2, 0.25) is 0 Å². The third-order valence-corrected chi connectivity index (χ3v) is 3.04. The highest BCUT2D eigenvalue weighted by Gasteiger charge is 2.21. The maximum absolute atomic E-state index is 11.9. The number of benzene rings is 1. The smallest absolute Gasteiger partial charge is 0.271 e. The lowest BCUT2D eigenvalue weighted by molar-refractivity contribution is 0.0940. The van der Waals surface area contributed by atoms with Crippen molar-refractivity contribution in [3.63, 3.8) is 0 Å². The van der Waals surface area contributed by atoms with E-state index in [0.29, 0.717) is 12.2 Å². The maximum atomic E-state index is 11.9. The van der Waals surface area contributed by atoms with Crippen molar-refractivity contribution in [3.05, 3.63) is 60.2 Å². The number of aromatic nitrogens is 2. The zero-order valence-corrected chi connectivity index (χ0v) is 11.1. The van der Waals surface area contributed by atoms with Crippen molar-refractivity contribution < 1.29 is 4.79 Å². The van der Waals surface area contributed by atoms with E-state index < -0.39 is 0 Å². The number of carbonyl (C=O) groups is 1. The standard InChI is InChI=1S/C15H17N3O/c1-15(2,12-6-4-3-5-7-12)11-18-14(19)13-10-16-8-9-17-13/h3-10H,11H2,1-2H3,(H,18,19). The van der Waals surface area contributed by atoms with Crippen LogP contribution in [0.5, 0.6) is 0 Å². The molecule has 1 N–H and O–H groups in total. The molecule has 2 aromatic rings. The molecule has 4 nitrogen and oxygen atoms in total. The van der Waals surface area contributed by atoms with E-state index in [1.54, 1.807) is 6.20 Å². The van der Waals surface area contributed by atoms with Crippen LogP contribution in [0.15, 0.2) is 48.9 Å². The van der Waals surface area contributed by atoms with Gasteiger partial charge in [0.1, 0.15) is 5.69 Å². The molecule has 0 spiro atoms. The number of amides is 1. The molecule has 1 aromatic carbocycles. The topological polar surface area (TPSA) is 54.9 Å². The van der Waals surface area contributed by atoms with Gasteiger partial charge in [0.25, 0.3) is 5.91 Å². The van der Waals surface area contributed by atoms with E-state index in [0.717, 1.165) is 0 Å². The lowest BCUT2D eigenvalue weighted by atomic mass is 9.84. The normalized spacial score (nSPS) is 11.1. The van der Waals surface area contributed by atoms with Crippen molar-refractivity contribution in [2.24, 2.45) is 0 Å². The molecule has 0 unspecified atom stereocenters. The molecule has 0 aliphatic carbocycles. The fourth-order valence-corrected chi connectivity index (χ4v) is 1.80. The number of carbonyl (C=O) groups excluding carboxylic acids is 1. The van der Waals surface area contributed by atoms with Crippen LogP contribution < -0.4 is 5.32 Å². The van der Waals surface area contributed by atoms with Gasteiger partial charge in [-0.2, -0.15) is 0 Å². The minimum absolute atomic E-state index is 0.126. The van der Waals surface area contributed by atoms with E-state index in [2.05, 4.69) is 41.3 Å². The van der Waals surface area contributed by atoms with Crippen LogP contribution in [0.2, 0.25) is 0 Å². The second-order valence-corrected chi connectivity index (χ2v) is 5.02. The highest BCUT2D eigenvalue weighted by Crippen LogP contribution is 2.21. The van der Waals surface area contributed by atoms with Crippen molar-refractivity contribution in [2.45, 2.75) is 19.3 Å². The molecule has 0 saturated carbocycles. The Morgan fingerprint density at radius 3 is 2.58 bits per heavy atom. The molecule has 1 amide bonds. The van der Waals surface area contributed by atoms with Crippen LogP contribution in [0.25, 0.3) is 0 Å². The van der Waals surface area contributed by atoms with E-state index in [-0.39, 0.29) is 11.3 Å². The van der Waals surface area contributed by atoms with Gasteiger partial charge in [-0.1, -0.05) is 44.2 Å². The van der Waals surface area contributed by atoms with Gasteiger partial charge in [-0.3, -0.25) is 9.78 Å². The molecule has 0 bridgehead atoms. The third-order valence-electron chi connectivity index (χ3n) is 3.04. The Labute approximate surface area is 112 Å². The molecule has 1 aromatic heterocycles. The molecule has 0 aliphatic heterocycles. The molecule has 4 heteroatoms. The van der Waals surface area contributed by atoms with Crippen molar-refractivity contribution in [2.75, 3.05) is 6.54 Å². The summed E-state index contributed by atoms with van der Waals surface area (Å²) in [6, 6.07) is 10.1. The van der Waals surface area contributed by atoms with E-state index in [4.69, 9.17) is 0 Å². The van der Waals surface area contributed by atoms with Crippen LogP contribution in [0.3, 0.4) is 0 Å². The van der Waals surface area contributed by atoms with Gasteiger partial charge in [-0.25, -0.2) is 4.98 Å².